The lowest BCUT2D eigenvalue weighted by Gasteiger charge is -2.33. The number of anilines is 1. The van der Waals surface area contributed by atoms with Crippen molar-refractivity contribution in [1.82, 2.24) is 10.2 Å². The third-order valence-electron chi connectivity index (χ3n) is 6.02. The summed E-state index contributed by atoms with van der Waals surface area (Å²) in [6.07, 6.45) is 9.15. The summed E-state index contributed by atoms with van der Waals surface area (Å²) in [5, 5.41) is 6.03. The molecule has 1 aliphatic carbocycles. The molecule has 1 aromatic rings. The fourth-order valence-corrected chi connectivity index (χ4v) is 4.25. The summed E-state index contributed by atoms with van der Waals surface area (Å²) in [6, 6.07) is 7.27. The summed E-state index contributed by atoms with van der Waals surface area (Å²) in [4.78, 5) is 38.9. The summed E-state index contributed by atoms with van der Waals surface area (Å²) in [6.45, 7) is 2.96. The van der Waals surface area contributed by atoms with Gasteiger partial charge in [-0.25, -0.2) is 0 Å². The fraction of sp³-hybridized carbons (Fsp3) is 0.609. The second kappa shape index (κ2) is 10.4. The number of nitrogens with zero attached hydrogens (tertiary/aromatic N) is 1. The SMILES string of the molecule is CCC(=O)Nc1ccc(C(=O)N2CCC[C@H](C(=O)NC3CCCCCC3)C2)cc1. The van der Waals surface area contributed by atoms with Crippen LogP contribution in [0.15, 0.2) is 24.3 Å². The summed E-state index contributed by atoms with van der Waals surface area (Å²) < 4.78 is 0. The van der Waals surface area contributed by atoms with Crippen LogP contribution in [0.2, 0.25) is 0 Å². The van der Waals surface area contributed by atoms with Crippen LogP contribution >= 0.6 is 0 Å². The van der Waals surface area contributed by atoms with E-state index in [0.29, 0.717) is 36.8 Å². The van der Waals surface area contributed by atoms with Gasteiger partial charge in [-0.2, -0.15) is 0 Å². The number of hydrogen-bond donors (Lipinski definition) is 2. The third-order valence-corrected chi connectivity index (χ3v) is 6.02. The first-order chi connectivity index (χ1) is 14.1. The van der Waals surface area contributed by atoms with E-state index in [9.17, 15) is 14.4 Å². The molecule has 6 nitrogen and oxygen atoms in total. The molecular formula is C23H33N3O3. The normalized spacial score (nSPS) is 20.6. The molecule has 1 aliphatic heterocycles. The molecule has 6 heteroatoms. The Kier molecular flexibility index (Phi) is 7.67. The Labute approximate surface area is 173 Å². The first kappa shape index (κ1) is 21.3. The Bertz CT molecular complexity index is 709. The Morgan fingerprint density at radius 2 is 1.66 bits per heavy atom. The number of benzene rings is 1. The highest BCUT2D eigenvalue weighted by atomic mass is 16.2. The number of piperidine rings is 1. The number of carbonyl (C=O) groups is 3. The van der Waals surface area contributed by atoms with Crippen molar-refractivity contribution in [2.45, 2.75) is 70.8 Å². The van der Waals surface area contributed by atoms with Crippen LogP contribution in [0.5, 0.6) is 0 Å². The predicted octanol–water partition coefficient (Wildman–Crippen LogP) is 3.73. The van der Waals surface area contributed by atoms with E-state index >= 15 is 0 Å². The van der Waals surface area contributed by atoms with Gasteiger partial charge in [-0.05, 0) is 49.9 Å². The summed E-state index contributed by atoms with van der Waals surface area (Å²) in [7, 11) is 0. The van der Waals surface area contributed by atoms with Crippen molar-refractivity contribution in [2.75, 3.05) is 18.4 Å². The number of likely N-dealkylation sites (tertiary alicyclic amines) is 1. The lowest BCUT2D eigenvalue weighted by atomic mass is 9.95. The molecule has 2 fully saturated rings. The molecule has 2 aliphatic rings. The van der Waals surface area contributed by atoms with E-state index < -0.39 is 0 Å². The maximum absolute atomic E-state index is 12.9. The molecule has 3 rings (SSSR count). The van der Waals surface area contributed by atoms with Crippen LogP contribution in [0, 0.1) is 5.92 Å². The highest BCUT2D eigenvalue weighted by Gasteiger charge is 2.30. The van der Waals surface area contributed by atoms with Crippen LogP contribution in [-0.2, 0) is 9.59 Å². The van der Waals surface area contributed by atoms with E-state index in [1.165, 1.54) is 25.7 Å². The molecule has 1 aromatic carbocycles. The molecule has 1 saturated carbocycles. The van der Waals surface area contributed by atoms with Gasteiger partial charge in [0.1, 0.15) is 0 Å². The van der Waals surface area contributed by atoms with Gasteiger partial charge >= 0.3 is 0 Å². The minimum absolute atomic E-state index is 0.0506. The van der Waals surface area contributed by atoms with Crippen LogP contribution in [0.4, 0.5) is 5.69 Å². The maximum Gasteiger partial charge on any atom is 0.253 e. The van der Waals surface area contributed by atoms with Crippen LogP contribution in [0.25, 0.3) is 0 Å². The van der Waals surface area contributed by atoms with E-state index in [4.69, 9.17) is 0 Å². The van der Waals surface area contributed by atoms with Crippen molar-refractivity contribution in [3.8, 4) is 0 Å². The molecule has 29 heavy (non-hydrogen) atoms. The van der Waals surface area contributed by atoms with Gasteiger partial charge < -0.3 is 15.5 Å². The number of amides is 3. The number of rotatable bonds is 5. The van der Waals surface area contributed by atoms with Crippen molar-refractivity contribution >= 4 is 23.4 Å². The highest BCUT2D eigenvalue weighted by molar-refractivity contribution is 5.96. The zero-order valence-electron chi connectivity index (χ0n) is 17.4. The van der Waals surface area contributed by atoms with Gasteiger partial charge in [0.15, 0.2) is 0 Å². The van der Waals surface area contributed by atoms with Crippen molar-refractivity contribution in [3.63, 3.8) is 0 Å². The van der Waals surface area contributed by atoms with Crippen molar-refractivity contribution < 1.29 is 14.4 Å². The molecule has 3 amide bonds. The Hall–Kier alpha value is -2.37. The van der Waals surface area contributed by atoms with Crippen molar-refractivity contribution in [2.24, 2.45) is 5.92 Å². The van der Waals surface area contributed by atoms with Gasteiger partial charge in [0, 0.05) is 36.8 Å². The second-order valence-electron chi connectivity index (χ2n) is 8.27. The Balaban J connectivity index is 1.55. The molecule has 0 bridgehead atoms. The van der Waals surface area contributed by atoms with E-state index in [2.05, 4.69) is 10.6 Å². The number of nitrogens with one attached hydrogen (secondary N) is 2. The second-order valence-corrected chi connectivity index (χ2v) is 8.27. The average molecular weight is 400 g/mol. The standard InChI is InChI=1S/C23H33N3O3/c1-2-21(27)24-20-13-11-17(12-14-20)23(29)26-15-7-8-18(16-26)22(28)25-19-9-5-3-4-6-10-19/h11-14,18-19H,2-10,15-16H2,1H3,(H,24,27)(H,25,28)/t18-/m0/s1. The molecule has 1 saturated heterocycles. The largest absolute Gasteiger partial charge is 0.353 e. The molecule has 0 unspecified atom stereocenters. The summed E-state index contributed by atoms with van der Waals surface area (Å²) in [5.74, 6) is -0.126. The Morgan fingerprint density at radius 1 is 0.966 bits per heavy atom. The monoisotopic (exact) mass is 399 g/mol. The molecule has 1 atom stereocenters. The molecular weight excluding hydrogens is 366 g/mol. The van der Waals surface area contributed by atoms with Crippen molar-refractivity contribution in [3.05, 3.63) is 29.8 Å². The van der Waals surface area contributed by atoms with E-state index in [1.807, 2.05) is 0 Å². The minimum atomic E-state index is -0.126. The molecule has 0 radical (unpaired) electrons. The first-order valence-corrected chi connectivity index (χ1v) is 11.1. The topological polar surface area (TPSA) is 78.5 Å². The predicted molar refractivity (Wildman–Crippen MR) is 114 cm³/mol. The van der Waals surface area contributed by atoms with E-state index in [-0.39, 0.29) is 23.6 Å². The zero-order valence-corrected chi connectivity index (χ0v) is 17.4. The Morgan fingerprint density at radius 3 is 2.31 bits per heavy atom. The molecule has 2 N–H and O–H groups in total. The lowest BCUT2D eigenvalue weighted by Crippen LogP contribution is -2.47. The van der Waals surface area contributed by atoms with Crippen LogP contribution in [0.3, 0.4) is 0 Å². The average Bonchev–Trinajstić information content (AvgIpc) is 3.02. The summed E-state index contributed by atoms with van der Waals surface area (Å²) >= 11 is 0. The van der Waals surface area contributed by atoms with Gasteiger partial charge in [0.25, 0.3) is 5.91 Å². The van der Waals surface area contributed by atoms with Crippen LogP contribution in [-0.4, -0.2) is 41.8 Å². The first-order valence-electron chi connectivity index (χ1n) is 11.1. The number of carbonyl (C=O) groups excluding carboxylic acids is 3. The molecule has 1 heterocycles. The maximum atomic E-state index is 12.9. The lowest BCUT2D eigenvalue weighted by molar-refractivity contribution is -0.127. The summed E-state index contributed by atoms with van der Waals surface area (Å²) in [5.41, 5.74) is 1.28. The third kappa shape index (κ3) is 6.05. The van der Waals surface area contributed by atoms with Gasteiger partial charge in [0.2, 0.25) is 11.8 Å². The van der Waals surface area contributed by atoms with E-state index in [1.54, 1.807) is 36.1 Å². The van der Waals surface area contributed by atoms with Crippen LogP contribution in [0.1, 0.15) is 75.1 Å². The quantitative estimate of drug-likeness (QED) is 0.741. The van der Waals surface area contributed by atoms with Gasteiger partial charge in [-0.15, -0.1) is 0 Å². The smallest absolute Gasteiger partial charge is 0.253 e. The fourth-order valence-electron chi connectivity index (χ4n) is 4.25. The molecule has 158 valence electrons. The number of hydrogen-bond acceptors (Lipinski definition) is 3. The minimum Gasteiger partial charge on any atom is -0.353 e. The van der Waals surface area contributed by atoms with Crippen LogP contribution < -0.4 is 10.6 Å². The van der Waals surface area contributed by atoms with Gasteiger partial charge in [-0.3, -0.25) is 14.4 Å². The van der Waals surface area contributed by atoms with Crippen molar-refractivity contribution in [1.29, 1.82) is 0 Å². The van der Waals surface area contributed by atoms with Gasteiger partial charge in [0.05, 0.1) is 5.92 Å². The zero-order chi connectivity index (χ0) is 20.6. The highest BCUT2D eigenvalue weighted by Crippen LogP contribution is 2.22. The molecule has 0 spiro atoms. The molecule has 0 aromatic heterocycles. The van der Waals surface area contributed by atoms with E-state index in [0.717, 1.165) is 25.7 Å². The van der Waals surface area contributed by atoms with Gasteiger partial charge in [-0.1, -0.05) is 32.6 Å².